The molecule has 0 saturated heterocycles. The second kappa shape index (κ2) is 9.44. The minimum absolute atomic E-state index is 0.0312. The van der Waals surface area contributed by atoms with Gasteiger partial charge in [-0.1, -0.05) is 17.7 Å². The number of amides is 1. The first-order valence-electron chi connectivity index (χ1n) is 11.6. The SMILES string of the molecule is C#CC(=O)N[C@H]1CCC[C@H]1Nc1ncc2cc(-c3cc(C(=O)CC4CC4)ccc3Cl)ccc2n1. The van der Waals surface area contributed by atoms with Gasteiger partial charge in [-0.2, -0.15) is 0 Å². The molecule has 34 heavy (non-hydrogen) atoms. The Hall–Kier alpha value is -3.43. The summed E-state index contributed by atoms with van der Waals surface area (Å²) in [7, 11) is 0. The van der Waals surface area contributed by atoms with Crippen LogP contribution >= 0.6 is 11.6 Å². The molecule has 0 unspecified atom stereocenters. The fourth-order valence-corrected chi connectivity index (χ4v) is 4.80. The molecule has 2 fully saturated rings. The van der Waals surface area contributed by atoms with Crippen LogP contribution in [0.2, 0.25) is 5.02 Å². The van der Waals surface area contributed by atoms with Gasteiger partial charge in [-0.3, -0.25) is 9.59 Å². The van der Waals surface area contributed by atoms with Gasteiger partial charge in [0.25, 0.3) is 5.91 Å². The number of hydrogen-bond acceptors (Lipinski definition) is 5. The van der Waals surface area contributed by atoms with E-state index >= 15 is 0 Å². The van der Waals surface area contributed by atoms with E-state index in [1.807, 2.05) is 24.3 Å². The zero-order valence-corrected chi connectivity index (χ0v) is 19.4. The number of Topliss-reactive ketones (excluding diaryl/α,β-unsaturated/α-hetero) is 1. The molecule has 5 rings (SSSR count). The number of anilines is 1. The van der Waals surface area contributed by atoms with E-state index in [4.69, 9.17) is 18.0 Å². The average Bonchev–Trinajstić information content (AvgIpc) is 3.56. The van der Waals surface area contributed by atoms with Crippen LogP contribution in [-0.2, 0) is 4.79 Å². The van der Waals surface area contributed by atoms with Gasteiger partial charge in [0.05, 0.1) is 5.52 Å². The highest BCUT2D eigenvalue weighted by atomic mass is 35.5. The summed E-state index contributed by atoms with van der Waals surface area (Å²) in [5.41, 5.74) is 3.23. The van der Waals surface area contributed by atoms with Crippen molar-refractivity contribution in [2.75, 3.05) is 5.32 Å². The number of nitrogens with zero attached hydrogens (tertiary/aromatic N) is 2. The topological polar surface area (TPSA) is 84.0 Å². The van der Waals surface area contributed by atoms with Crippen molar-refractivity contribution in [1.29, 1.82) is 0 Å². The number of aromatic nitrogens is 2. The molecule has 2 saturated carbocycles. The van der Waals surface area contributed by atoms with Gasteiger partial charge in [-0.05, 0) is 79.8 Å². The van der Waals surface area contributed by atoms with Crippen LogP contribution in [0.15, 0.2) is 42.6 Å². The summed E-state index contributed by atoms with van der Waals surface area (Å²) < 4.78 is 0. The summed E-state index contributed by atoms with van der Waals surface area (Å²) >= 11 is 6.49. The number of halogens is 1. The molecular weight excluding hydrogens is 448 g/mol. The van der Waals surface area contributed by atoms with Crippen LogP contribution in [0.4, 0.5) is 5.95 Å². The molecule has 2 N–H and O–H groups in total. The number of fused-ring (bicyclic) bond motifs is 1. The van der Waals surface area contributed by atoms with Crippen molar-refractivity contribution in [3.05, 3.63) is 53.2 Å². The Bertz CT molecular complexity index is 1310. The largest absolute Gasteiger partial charge is 0.349 e. The highest BCUT2D eigenvalue weighted by molar-refractivity contribution is 6.33. The van der Waals surface area contributed by atoms with Crippen molar-refractivity contribution in [3.8, 4) is 23.5 Å². The number of hydrogen-bond donors (Lipinski definition) is 2. The van der Waals surface area contributed by atoms with Crippen molar-refractivity contribution >= 4 is 40.1 Å². The molecule has 2 aliphatic carbocycles. The standard InChI is InChI=1S/C27H25ClN4O2/c1-2-26(34)30-23-4-3-5-24(23)32-27-29-15-19-13-17(9-11-22(19)31-27)20-14-18(8-10-21(20)28)25(33)12-16-6-7-16/h1,8-11,13-16,23-24H,3-7,12H2,(H,30,34)(H,29,31,32)/t23-,24+/m0/s1. The molecular formula is C27H25ClN4O2. The zero-order valence-electron chi connectivity index (χ0n) is 18.7. The number of nitrogens with one attached hydrogen (secondary N) is 2. The molecule has 0 radical (unpaired) electrons. The number of rotatable bonds is 7. The Morgan fingerprint density at radius 3 is 2.71 bits per heavy atom. The molecule has 0 aliphatic heterocycles. The molecule has 7 heteroatoms. The van der Waals surface area contributed by atoms with Gasteiger partial charge in [0.1, 0.15) is 0 Å². The molecule has 0 bridgehead atoms. The fraction of sp³-hybridized carbons (Fsp3) is 0.333. The Kier molecular flexibility index (Phi) is 6.21. The zero-order chi connectivity index (χ0) is 23.7. The Morgan fingerprint density at radius 1 is 1.09 bits per heavy atom. The maximum atomic E-state index is 12.6. The van der Waals surface area contributed by atoms with Crippen LogP contribution in [-0.4, -0.2) is 33.7 Å². The summed E-state index contributed by atoms with van der Waals surface area (Å²) in [6.45, 7) is 0. The lowest BCUT2D eigenvalue weighted by atomic mass is 9.98. The van der Waals surface area contributed by atoms with Crippen molar-refractivity contribution in [2.45, 2.75) is 50.6 Å². The molecule has 3 aromatic rings. The van der Waals surface area contributed by atoms with E-state index in [2.05, 4.69) is 26.5 Å². The molecule has 2 aromatic carbocycles. The summed E-state index contributed by atoms with van der Waals surface area (Å²) in [5.74, 6) is 2.93. The predicted molar refractivity (Wildman–Crippen MR) is 134 cm³/mol. The first-order valence-corrected chi connectivity index (χ1v) is 12.0. The molecule has 2 aliphatic rings. The predicted octanol–water partition coefficient (Wildman–Crippen LogP) is 5.02. The number of ketones is 1. The molecule has 6 nitrogen and oxygen atoms in total. The summed E-state index contributed by atoms with van der Waals surface area (Å²) in [4.78, 5) is 33.3. The lowest BCUT2D eigenvalue weighted by Crippen LogP contribution is -2.43. The van der Waals surface area contributed by atoms with Gasteiger partial charge < -0.3 is 10.6 Å². The molecule has 0 spiro atoms. The van der Waals surface area contributed by atoms with Gasteiger partial charge in [0.2, 0.25) is 5.95 Å². The maximum absolute atomic E-state index is 12.6. The Labute approximate surface area is 203 Å². The second-order valence-corrected chi connectivity index (χ2v) is 9.55. The van der Waals surface area contributed by atoms with Crippen LogP contribution < -0.4 is 10.6 Å². The van der Waals surface area contributed by atoms with Crippen molar-refractivity contribution in [3.63, 3.8) is 0 Å². The van der Waals surface area contributed by atoms with Crippen LogP contribution in [0.3, 0.4) is 0 Å². The summed E-state index contributed by atoms with van der Waals surface area (Å²) in [6, 6.07) is 11.4. The number of carbonyl (C=O) groups is 2. The molecule has 2 atom stereocenters. The van der Waals surface area contributed by atoms with Gasteiger partial charge in [0.15, 0.2) is 5.78 Å². The van der Waals surface area contributed by atoms with E-state index in [0.29, 0.717) is 28.9 Å². The van der Waals surface area contributed by atoms with Crippen LogP contribution in [0, 0.1) is 18.3 Å². The average molecular weight is 473 g/mol. The fourth-order valence-electron chi connectivity index (χ4n) is 4.57. The van der Waals surface area contributed by atoms with E-state index in [1.165, 1.54) is 0 Å². The van der Waals surface area contributed by atoms with Gasteiger partial charge >= 0.3 is 0 Å². The third-order valence-electron chi connectivity index (χ3n) is 6.63. The number of benzene rings is 2. The van der Waals surface area contributed by atoms with E-state index in [-0.39, 0.29) is 17.9 Å². The Balaban J connectivity index is 1.36. The third kappa shape index (κ3) is 4.90. The van der Waals surface area contributed by atoms with E-state index in [1.54, 1.807) is 18.3 Å². The van der Waals surface area contributed by atoms with Crippen molar-refractivity contribution < 1.29 is 9.59 Å². The number of terminal acetylenes is 1. The lowest BCUT2D eigenvalue weighted by molar-refractivity contribution is -0.116. The van der Waals surface area contributed by atoms with Gasteiger partial charge in [-0.15, -0.1) is 6.42 Å². The van der Waals surface area contributed by atoms with E-state index < -0.39 is 5.91 Å². The summed E-state index contributed by atoms with van der Waals surface area (Å²) in [6.07, 6.45) is 12.6. The minimum atomic E-state index is -0.400. The van der Waals surface area contributed by atoms with Crippen LogP contribution in [0.5, 0.6) is 0 Å². The van der Waals surface area contributed by atoms with Gasteiger partial charge in [-0.25, -0.2) is 9.97 Å². The lowest BCUT2D eigenvalue weighted by Gasteiger charge is -2.21. The first-order chi connectivity index (χ1) is 16.5. The highest BCUT2D eigenvalue weighted by Crippen LogP contribution is 2.35. The Morgan fingerprint density at radius 2 is 1.91 bits per heavy atom. The van der Waals surface area contributed by atoms with Crippen molar-refractivity contribution in [2.24, 2.45) is 5.92 Å². The second-order valence-electron chi connectivity index (χ2n) is 9.14. The smallest absolute Gasteiger partial charge is 0.295 e. The normalized spacial score (nSPS) is 19.5. The monoisotopic (exact) mass is 472 g/mol. The third-order valence-corrected chi connectivity index (χ3v) is 6.96. The minimum Gasteiger partial charge on any atom is -0.349 e. The first kappa shape index (κ1) is 22.4. The maximum Gasteiger partial charge on any atom is 0.295 e. The van der Waals surface area contributed by atoms with Gasteiger partial charge in [0, 0.05) is 46.2 Å². The molecule has 1 amide bonds. The van der Waals surface area contributed by atoms with Crippen molar-refractivity contribution in [1.82, 2.24) is 15.3 Å². The van der Waals surface area contributed by atoms with E-state index in [9.17, 15) is 9.59 Å². The highest BCUT2D eigenvalue weighted by Gasteiger charge is 2.29. The molecule has 1 heterocycles. The summed E-state index contributed by atoms with van der Waals surface area (Å²) in [5, 5.41) is 7.68. The molecule has 172 valence electrons. The number of carbonyl (C=O) groups excluding carboxylic acids is 2. The molecule has 1 aromatic heterocycles. The van der Waals surface area contributed by atoms with Crippen LogP contribution in [0.1, 0.15) is 48.9 Å². The van der Waals surface area contributed by atoms with Crippen LogP contribution in [0.25, 0.3) is 22.0 Å². The van der Waals surface area contributed by atoms with E-state index in [0.717, 1.165) is 54.1 Å². The quantitative estimate of drug-likeness (QED) is 0.373.